The van der Waals surface area contributed by atoms with E-state index >= 15 is 0 Å². The number of hydrogen-bond donors (Lipinski definition) is 1. The average Bonchev–Trinajstić information content (AvgIpc) is 2.63. The Hall–Kier alpha value is -2.43. The molecule has 3 nitrogen and oxygen atoms in total. The lowest BCUT2D eigenvalue weighted by Gasteiger charge is -2.11. The second kappa shape index (κ2) is 7.64. The summed E-state index contributed by atoms with van der Waals surface area (Å²) in [6, 6.07) is 20.7. The maximum absolute atomic E-state index is 12.8. The van der Waals surface area contributed by atoms with Crippen molar-refractivity contribution in [1.82, 2.24) is 0 Å². The summed E-state index contributed by atoms with van der Waals surface area (Å²) in [5.74, 6) is -0.591. The largest absolute Gasteiger partial charge is 0.321 e. The molecule has 3 rings (SSSR count). The third-order valence-corrected chi connectivity index (χ3v) is 4.50. The Bertz CT molecular complexity index is 938. The van der Waals surface area contributed by atoms with Gasteiger partial charge in [0.25, 0.3) is 5.91 Å². The zero-order chi connectivity index (χ0) is 17.8. The minimum absolute atomic E-state index is 0.211. The molecule has 0 aliphatic carbocycles. The number of amides is 1. The van der Waals surface area contributed by atoms with Gasteiger partial charge in [-0.3, -0.25) is 9.59 Å². The molecule has 0 aliphatic rings. The third-order valence-electron chi connectivity index (χ3n) is 3.64. The summed E-state index contributed by atoms with van der Waals surface area (Å²) < 4.78 is 0.883. The third kappa shape index (κ3) is 3.98. The number of hydrogen-bond acceptors (Lipinski definition) is 2. The van der Waals surface area contributed by atoms with Crippen LogP contribution in [0.15, 0.2) is 77.3 Å². The zero-order valence-corrected chi connectivity index (χ0v) is 15.3. The monoisotopic (exact) mass is 413 g/mol. The molecule has 0 atom stereocenters. The van der Waals surface area contributed by atoms with Crippen LogP contribution in [0.2, 0.25) is 5.02 Å². The van der Waals surface area contributed by atoms with E-state index in [1.165, 1.54) is 0 Å². The zero-order valence-electron chi connectivity index (χ0n) is 13.0. The van der Waals surface area contributed by atoms with Crippen molar-refractivity contribution in [1.29, 1.82) is 0 Å². The van der Waals surface area contributed by atoms with Crippen LogP contribution in [0.4, 0.5) is 5.69 Å². The minimum Gasteiger partial charge on any atom is -0.321 e. The molecule has 3 aromatic rings. The van der Waals surface area contributed by atoms with Gasteiger partial charge in [-0.25, -0.2) is 0 Å². The first-order valence-electron chi connectivity index (χ1n) is 7.51. The highest BCUT2D eigenvalue weighted by Crippen LogP contribution is 2.23. The summed E-state index contributed by atoms with van der Waals surface area (Å²) in [4.78, 5) is 25.4. The van der Waals surface area contributed by atoms with E-state index in [2.05, 4.69) is 21.2 Å². The van der Waals surface area contributed by atoms with Crippen molar-refractivity contribution < 1.29 is 9.59 Å². The summed E-state index contributed by atoms with van der Waals surface area (Å²) in [5, 5.41) is 3.19. The fraction of sp³-hybridized carbons (Fsp3) is 0. The summed E-state index contributed by atoms with van der Waals surface area (Å²) in [6.45, 7) is 0. The van der Waals surface area contributed by atoms with Gasteiger partial charge in [0, 0.05) is 15.6 Å². The van der Waals surface area contributed by atoms with Gasteiger partial charge >= 0.3 is 0 Å². The number of halogens is 2. The molecular weight excluding hydrogens is 402 g/mol. The quantitative estimate of drug-likeness (QED) is 0.566. The summed E-state index contributed by atoms with van der Waals surface area (Å²) >= 11 is 9.43. The molecule has 25 heavy (non-hydrogen) atoms. The van der Waals surface area contributed by atoms with E-state index in [-0.39, 0.29) is 11.7 Å². The predicted molar refractivity (Wildman–Crippen MR) is 103 cm³/mol. The van der Waals surface area contributed by atoms with Crippen molar-refractivity contribution in [2.45, 2.75) is 0 Å². The standard InChI is InChI=1S/C20H13BrClNO2/c21-14-11-9-13(10-12-14)19(24)15-5-1-2-6-16(15)20(25)23-18-8-4-3-7-17(18)22/h1-12H,(H,23,25). The van der Waals surface area contributed by atoms with Crippen LogP contribution < -0.4 is 5.32 Å². The number of nitrogens with one attached hydrogen (secondary N) is 1. The van der Waals surface area contributed by atoms with Crippen LogP contribution in [-0.4, -0.2) is 11.7 Å². The molecule has 0 aliphatic heterocycles. The summed E-state index contributed by atoms with van der Waals surface area (Å²) in [7, 11) is 0. The van der Waals surface area contributed by atoms with E-state index < -0.39 is 0 Å². The van der Waals surface area contributed by atoms with Crippen molar-refractivity contribution in [2.24, 2.45) is 0 Å². The molecule has 0 fully saturated rings. The van der Waals surface area contributed by atoms with Gasteiger partial charge in [0.2, 0.25) is 0 Å². The molecule has 0 unspecified atom stereocenters. The molecule has 0 spiro atoms. The SMILES string of the molecule is O=C(Nc1ccccc1Cl)c1ccccc1C(=O)c1ccc(Br)cc1. The van der Waals surface area contributed by atoms with E-state index in [4.69, 9.17) is 11.6 Å². The smallest absolute Gasteiger partial charge is 0.256 e. The second-order valence-corrected chi connectivity index (χ2v) is 6.64. The summed E-state index contributed by atoms with van der Waals surface area (Å²) in [5.41, 5.74) is 1.66. The molecule has 0 saturated carbocycles. The van der Waals surface area contributed by atoms with Crippen molar-refractivity contribution in [3.63, 3.8) is 0 Å². The van der Waals surface area contributed by atoms with Crippen LogP contribution in [0.25, 0.3) is 0 Å². The van der Waals surface area contributed by atoms with Gasteiger partial charge in [-0.1, -0.05) is 57.9 Å². The molecule has 0 aromatic heterocycles. The molecule has 0 bridgehead atoms. The van der Waals surface area contributed by atoms with Crippen LogP contribution in [0.5, 0.6) is 0 Å². The van der Waals surface area contributed by atoms with Crippen LogP contribution in [0, 0.1) is 0 Å². The first-order chi connectivity index (χ1) is 12.1. The molecule has 5 heteroatoms. The lowest BCUT2D eigenvalue weighted by Crippen LogP contribution is -2.17. The minimum atomic E-state index is -0.380. The van der Waals surface area contributed by atoms with Crippen LogP contribution >= 0.6 is 27.5 Å². The number of carbonyl (C=O) groups excluding carboxylic acids is 2. The highest BCUT2D eigenvalue weighted by Gasteiger charge is 2.18. The number of para-hydroxylation sites is 1. The maximum Gasteiger partial charge on any atom is 0.256 e. The Morgan fingerprint density at radius 3 is 2.08 bits per heavy atom. The number of anilines is 1. The Kier molecular flexibility index (Phi) is 5.31. The van der Waals surface area contributed by atoms with E-state index in [1.54, 1.807) is 72.8 Å². The molecule has 1 amide bonds. The highest BCUT2D eigenvalue weighted by atomic mass is 79.9. The van der Waals surface area contributed by atoms with E-state index in [1.807, 2.05) is 0 Å². The average molecular weight is 415 g/mol. The Morgan fingerprint density at radius 2 is 1.40 bits per heavy atom. The molecule has 0 heterocycles. The first-order valence-corrected chi connectivity index (χ1v) is 8.68. The van der Waals surface area contributed by atoms with Crippen molar-refractivity contribution in [2.75, 3.05) is 5.32 Å². The molecule has 3 aromatic carbocycles. The van der Waals surface area contributed by atoms with E-state index in [0.717, 1.165) is 4.47 Å². The Morgan fingerprint density at radius 1 is 0.800 bits per heavy atom. The van der Waals surface area contributed by atoms with Gasteiger partial charge in [0.15, 0.2) is 5.78 Å². The van der Waals surface area contributed by atoms with Gasteiger partial charge in [0.05, 0.1) is 16.3 Å². The van der Waals surface area contributed by atoms with Gasteiger partial charge in [-0.2, -0.15) is 0 Å². The molecule has 124 valence electrons. The highest BCUT2D eigenvalue weighted by molar-refractivity contribution is 9.10. The first kappa shape index (κ1) is 17.4. The van der Waals surface area contributed by atoms with E-state index in [9.17, 15) is 9.59 Å². The van der Waals surface area contributed by atoms with Crippen LogP contribution in [-0.2, 0) is 0 Å². The van der Waals surface area contributed by atoms with Gasteiger partial charge < -0.3 is 5.32 Å². The van der Waals surface area contributed by atoms with Crippen LogP contribution in [0.3, 0.4) is 0 Å². The van der Waals surface area contributed by atoms with Gasteiger partial charge in [0.1, 0.15) is 0 Å². The molecule has 1 N–H and O–H groups in total. The second-order valence-electron chi connectivity index (χ2n) is 5.32. The lowest BCUT2D eigenvalue weighted by atomic mass is 9.98. The van der Waals surface area contributed by atoms with Crippen molar-refractivity contribution in [3.05, 3.63) is 99.0 Å². The van der Waals surface area contributed by atoms with Gasteiger partial charge in [-0.05, 0) is 42.5 Å². The Labute approximate surface area is 158 Å². The lowest BCUT2D eigenvalue weighted by molar-refractivity contribution is 0.0996. The van der Waals surface area contributed by atoms with E-state index in [0.29, 0.717) is 27.4 Å². The normalized spacial score (nSPS) is 10.3. The van der Waals surface area contributed by atoms with Crippen molar-refractivity contribution >= 4 is 44.9 Å². The van der Waals surface area contributed by atoms with Gasteiger partial charge in [-0.15, -0.1) is 0 Å². The Balaban J connectivity index is 1.93. The fourth-order valence-corrected chi connectivity index (χ4v) is 2.84. The number of rotatable bonds is 4. The fourth-order valence-electron chi connectivity index (χ4n) is 2.39. The molecule has 0 radical (unpaired) electrons. The molecule has 0 saturated heterocycles. The topological polar surface area (TPSA) is 46.2 Å². The van der Waals surface area contributed by atoms with Crippen LogP contribution in [0.1, 0.15) is 26.3 Å². The number of ketones is 1. The predicted octanol–water partition coefficient (Wildman–Crippen LogP) is 5.59. The number of carbonyl (C=O) groups is 2. The molecular formula is C20H13BrClNO2. The number of benzene rings is 3. The van der Waals surface area contributed by atoms with Crippen molar-refractivity contribution in [3.8, 4) is 0 Å². The maximum atomic E-state index is 12.8. The summed E-state index contributed by atoms with van der Waals surface area (Å²) in [6.07, 6.45) is 0.